The van der Waals surface area contributed by atoms with E-state index in [2.05, 4.69) is 17.4 Å². The molecular weight excluding hydrogens is 326 g/mol. The van der Waals surface area contributed by atoms with Crippen molar-refractivity contribution in [2.45, 2.75) is 31.8 Å². The van der Waals surface area contributed by atoms with E-state index in [0.717, 1.165) is 29.4 Å². The van der Waals surface area contributed by atoms with Crippen LogP contribution in [-0.2, 0) is 18.4 Å². The van der Waals surface area contributed by atoms with Crippen molar-refractivity contribution in [3.8, 4) is 0 Å². The number of rotatable bonds is 6. The second-order valence-electron chi connectivity index (χ2n) is 7.03. The SMILES string of the molecule is Cn1c(=O)n(CCC(=O)NC(c2ccccc2)C2CC2)c2ccccc21. The number of amides is 1. The highest BCUT2D eigenvalue weighted by atomic mass is 16.2. The molecule has 1 fully saturated rings. The third-order valence-electron chi connectivity index (χ3n) is 5.18. The molecule has 1 saturated carbocycles. The summed E-state index contributed by atoms with van der Waals surface area (Å²) < 4.78 is 3.31. The molecule has 1 aromatic heterocycles. The minimum atomic E-state index is -0.0826. The van der Waals surface area contributed by atoms with Crippen molar-refractivity contribution in [2.75, 3.05) is 0 Å². The minimum Gasteiger partial charge on any atom is -0.349 e. The zero-order chi connectivity index (χ0) is 18.1. The van der Waals surface area contributed by atoms with Crippen LogP contribution in [0, 0.1) is 5.92 Å². The fourth-order valence-corrected chi connectivity index (χ4v) is 3.60. The predicted molar refractivity (Wildman–Crippen MR) is 102 cm³/mol. The summed E-state index contributed by atoms with van der Waals surface area (Å²) in [6.07, 6.45) is 2.61. The highest BCUT2D eigenvalue weighted by Gasteiger charge is 2.33. The second kappa shape index (κ2) is 6.83. The third-order valence-corrected chi connectivity index (χ3v) is 5.18. The molecule has 0 saturated heterocycles. The van der Waals surface area contributed by atoms with Crippen molar-refractivity contribution in [2.24, 2.45) is 13.0 Å². The maximum atomic E-state index is 12.6. The highest BCUT2D eigenvalue weighted by Crippen LogP contribution is 2.40. The van der Waals surface area contributed by atoms with Crippen LogP contribution in [0.1, 0.15) is 30.9 Å². The highest BCUT2D eigenvalue weighted by molar-refractivity contribution is 5.78. The summed E-state index contributed by atoms with van der Waals surface area (Å²) in [6, 6.07) is 17.9. The first-order valence-electron chi connectivity index (χ1n) is 9.13. The molecule has 2 aromatic carbocycles. The Hall–Kier alpha value is -2.82. The van der Waals surface area contributed by atoms with Crippen molar-refractivity contribution in [1.82, 2.24) is 14.5 Å². The molecule has 4 rings (SSSR count). The standard InChI is InChI=1S/C21H23N3O2/c1-23-17-9-5-6-10-18(17)24(21(23)26)14-13-19(25)22-20(16-11-12-16)15-7-3-2-4-8-15/h2-10,16,20H,11-14H2,1H3,(H,22,25). The zero-order valence-corrected chi connectivity index (χ0v) is 14.9. The lowest BCUT2D eigenvalue weighted by Crippen LogP contribution is -2.31. The molecule has 5 heteroatoms. The molecule has 26 heavy (non-hydrogen) atoms. The van der Waals surface area contributed by atoms with Gasteiger partial charge in [-0.3, -0.25) is 13.9 Å². The summed E-state index contributed by atoms with van der Waals surface area (Å²) in [5.74, 6) is 0.521. The fraction of sp³-hybridized carbons (Fsp3) is 0.333. The summed E-state index contributed by atoms with van der Waals surface area (Å²) in [5.41, 5.74) is 2.83. The minimum absolute atomic E-state index is 0.00872. The van der Waals surface area contributed by atoms with Gasteiger partial charge in [-0.05, 0) is 36.5 Å². The van der Waals surface area contributed by atoms with Gasteiger partial charge in [-0.15, -0.1) is 0 Å². The number of benzene rings is 2. The van der Waals surface area contributed by atoms with E-state index in [1.807, 2.05) is 42.5 Å². The van der Waals surface area contributed by atoms with Crippen LogP contribution in [-0.4, -0.2) is 15.0 Å². The Morgan fingerprint density at radius 2 is 1.73 bits per heavy atom. The maximum Gasteiger partial charge on any atom is 0.328 e. The van der Waals surface area contributed by atoms with Crippen molar-refractivity contribution in [3.63, 3.8) is 0 Å². The number of hydrogen-bond donors (Lipinski definition) is 1. The van der Waals surface area contributed by atoms with Gasteiger partial charge in [0.25, 0.3) is 0 Å². The Kier molecular flexibility index (Phi) is 4.37. The number of fused-ring (bicyclic) bond motifs is 1. The molecule has 1 atom stereocenters. The molecule has 1 aliphatic rings. The van der Waals surface area contributed by atoms with Gasteiger partial charge in [0, 0.05) is 20.0 Å². The molecule has 0 radical (unpaired) electrons. The summed E-state index contributed by atoms with van der Waals surface area (Å²) in [4.78, 5) is 25.0. The first-order valence-corrected chi connectivity index (χ1v) is 9.13. The number of hydrogen-bond acceptors (Lipinski definition) is 2. The van der Waals surface area contributed by atoms with Gasteiger partial charge in [0.1, 0.15) is 0 Å². The molecule has 0 aliphatic heterocycles. The van der Waals surface area contributed by atoms with E-state index >= 15 is 0 Å². The molecule has 1 unspecified atom stereocenters. The van der Waals surface area contributed by atoms with E-state index in [0.29, 0.717) is 18.9 Å². The summed E-state index contributed by atoms with van der Waals surface area (Å²) in [5, 5.41) is 3.18. The molecule has 1 heterocycles. The van der Waals surface area contributed by atoms with E-state index < -0.39 is 0 Å². The van der Waals surface area contributed by atoms with Crippen LogP contribution in [0.25, 0.3) is 11.0 Å². The number of imidazole rings is 1. The molecular formula is C21H23N3O2. The van der Waals surface area contributed by atoms with E-state index in [-0.39, 0.29) is 17.6 Å². The Bertz CT molecular complexity index is 983. The maximum absolute atomic E-state index is 12.6. The molecule has 0 bridgehead atoms. The monoisotopic (exact) mass is 349 g/mol. The number of carbonyl (C=O) groups excluding carboxylic acids is 1. The van der Waals surface area contributed by atoms with Gasteiger partial charge in [-0.2, -0.15) is 0 Å². The second-order valence-corrected chi connectivity index (χ2v) is 7.03. The quantitative estimate of drug-likeness (QED) is 0.744. The lowest BCUT2D eigenvalue weighted by atomic mass is 10.0. The lowest BCUT2D eigenvalue weighted by molar-refractivity contribution is -0.122. The molecule has 1 aliphatic carbocycles. The topological polar surface area (TPSA) is 56.0 Å². The number of aryl methyl sites for hydroxylation is 2. The largest absolute Gasteiger partial charge is 0.349 e. The van der Waals surface area contributed by atoms with Crippen LogP contribution < -0.4 is 11.0 Å². The summed E-state index contributed by atoms with van der Waals surface area (Å²) >= 11 is 0. The van der Waals surface area contributed by atoms with E-state index in [1.54, 1.807) is 16.2 Å². The molecule has 0 spiro atoms. The van der Waals surface area contributed by atoms with E-state index in [1.165, 1.54) is 0 Å². The van der Waals surface area contributed by atoms with Gasteiger partial charge in [-0.1, -0.05) is 42.5 Å². The predicted octanol–water partition coefficient (Wildman–Crippen LogP) is 3.00. The Labute approximate surface area is 152 Å². The lowest BCUT2D eigenvalue weighted by Gasteiger charge is -2.19. The van der Waals surface area contributed by atoms with Gasteiger partial charge < -0.3 is 5.32 Å². The number of nitrogens with zero attached hydrogens (tertiary/aromatic N) is 2. The van der Waals surface area contributed by atoms with E-state index in [9.17, 15) is 9.59 Å². The van der Waals surface area contributed by atoms with Crippen LogP contribution in [0.3, 0.4) is 0 Å². The van der Waals surface area contributed by atoms with Gasteiger partial charge >= 0.3 is 5.69 Å². The van der Waals surface area contributed by atoms with Crippen molar-refractivity contribution < 1.29 is 4.79 Å². The number of para-hydroxylation sites is 2. The summed E-state index contributed by atoms with van der Waals surface area (Å²) in [6.45, 7) is 0.387. The summed E-state index contributed by atoms with van der Waals surface area (Å²) in [7, 11) is 1.76. The first kappa shape index (κ1) is 16.6. The number of aromatic nitrogens is 2. The first-order chi connectivity index (χ1) is 12.6. The molecule has 3 aromatic rings. The normalized spacial score (nSPS) is 15.1. The molecule has 134 valence electrons. The van der Waals surface area contributed by atoms with Gasteiger partial charge in [0.15, 0.2) is 0 Å². The Morgan fingerprint density at radius 3 is 2.42 bits per heavy atom. The average molecular weight is 349 g/mol. The van der Waals surface area contributed by atoms with Crippen molar-refractivity contribution in [1.29, 1.82) is 0 Å². The third kappa shape index (κ3) is 3.17. The van der Waals surface area contributed by atoms with Gasteiger partial charge in [0.2, 0.25) is 5.91 Å². The van der Waals surface area contributed by atoms with Gasteiger partial charge in [0.05, 0.1) is 17.1 Å². The average Bonchev–Trinajstić information content (AvgIpc) is 3.48. The Morgan fingerprint density at radius 1 is 1.08 bits per heavy atom. The van der Waals surface area contributed by atoms with Gasteiger partial charge in [-0.25, -0.2) is 4.79 Å². The van der Waals surface area contributed by atoms with Crippen LogP contribution in [0.15, 0.2) is 59.4 Å². The number of nitrogens with one attached hydrogen (secondary N) is 1. The smallest absolute Gasteiger partial charge is 0.328 e. The molecule has 5 nitrogen and oxygen atoms in total. The van der Waals surface area contributed by atoms with Crippen LogP contribution in [0.2, 0.25) is 0 Å². The zero-order valence-electron chi connectivity index (χ0n) is 14.9. The molecule has 1 amide bonds. The van der Waals surface area contributed by atoms with Crippen LogP contribution in [0.4, 0.5) is 0 Å². The molecule has 1 N–H and O–H groups in total. The number of carbonyl (C=O) groups is 1. The fourth-order valence-electron chi connectivity index (χ4n) is 3.60. The van der Waals surface area contributed by atoms with Crippen molar-refractivity contribution in [3.05, 3.63) is 70.6 Å². The Balaban J connectivity index is 1.48. The van der Waals surface area contributed by atoms with E-state index in [4.69, 9.17) is 0 Å². The van der Waals surface area contributed by atoms with Crippen molar-refractivity contribution >= 4 is 16.9 Å². The van der Waals surface area contributed by atoms with Crippen LogP contribution in [0.5, 0.6) is 0 Å². The van der Waals surface area contributed by atoms with Crippen LogP contribution >= 0.6 is 0 Å².